The highest BCUT2D eigenvalue weighted by molar-refractivity contribution is 7.89. The summed E-state index contributed by atoms with van der Waals surface area (Å²) in [5.74, 6) is -1.52. The summed E-state index contributed by atoms with van der Waals surface area (Å²) in [4.78, 5) is 26.6. The minimum atomic E-state index is -3.80. The maximum Gasteiger partial charge on any atom is 0.339 e. The Bertz CT molecular complexity index is 1630. The molecule has 1 N–H and O–H groups in total. The second-order valence-corrected chi connectivity index (χ2v) is 13.7. The number of carbonyl (C=O) groups is 2. The highest BCUT2D eigenvalue weighted by atomic mass is 32.2. The Hall–Kier alpha value is -3.62. The molecule has 1 unspecified atom stereocenters. The number of nitrogens with one attached hydrogen (secondary N) is 1. The van der Waals surface area contributed by atoms with E-state index in [1.54, 1.807) is 36.4 Å². The molecule has 42 heavy (non-hydrogen) atoms. The van der Waals surface area contributed by atoms with Gasteiger partial charge in [0.05, 0.1) is 28.6 Å². The zero-order valence-electron chi connectivity index (χ0n) is 22.7. The smallest absolute Gasteiger partial charge is 0.339 e. The zero-order valence-corrected chi connectivity index (χ0v) is 24.3. The topological polar surface area (TPSA) is 139 Å². The van der Waals surface area contributed by atoms with Gasteiger partial charge < -0.3 is 14.8 Å². The van der Waals surface area contributed by atoms with Crippen molar-refractivity contribution < 1.29 is 35.9 Å². The first-order valence-electron chi connectivity index (χ1n) is 13.5. The molecule has 0 bridgehead atoms. The van der Waals surface area contributed by atoms with Crippen LogP contribution >= 0.6 is 0 Å². The van der Waals surface area contributed by atoms with Crippen LogP contribution in [0.4, 0.5) is 5.69 Å². The number of rotatable bonds is 9. The quantitative estimate of drug-likeness (QED) is 0.364. The number of hydrogen-bond acceptors (Lipinski definition) is 8. The number of esters is 1. The van der Waals surface area contributed by atoms with Crippen molar-refractivity contribution in [2.24, 2.45) is 0 Å². The fraction of sp³-hybridized carbons (Fsp3) is 0.310. The summed E-state index contributed by atoms with van der Waals surface area (Å²) in [6.07, 6.45) is 0.243. The second-order valence-electron chi connectivity index (χ2n) is 9.87. The first-order valence-corrected chi connectivity index (χ1v) is 16.4. The third kappa shape index (κ3) is 6.55. The minimum absolute atomic E-state index is 0.0134. The van der Waals surface area contributed by atoms with Crippen molar-refractivity contribution in [3.8, 4) is 0 Å². The summed E-state index contributed by atoms with van der Waals surface area (Å²) in [5, 5.41) is 2.66. The van der Waals surface area contributed by atoms with E-state index in [1.165, 1.54) is 51.1 Å². The average Bonchev–Trinajstić information content (AvgIpc) is 3.57. The summed E-state index contributed by atoms with van der Waals surface area (Å²) < 4.78 is 65.5. The van der Waals surface area contributed by atoms with E-state index < -0.39 is 38.0 Å². The van der Waals surface area contributed by atoms with Gasteiger partial charge in [0.1, 0.15) is 0 Å². The Labute approximate surface area is 245 Å². The van der Waals surface area contributed by atoms with Crippen molar-refractivity contribution in [3.05, 3.63) is 90.0 Å². The summed E-state index contributed by atoms with van der Waals surface area (Å²) in [6.45, 7) is 1.99. The molecule has 0 saturated carbocycles. The largest absolute Gasteiger partial charge is 0.444 e. The van der Waals surface area contributed by atoms with Gasteiger partial charge in [0.15, 0.2) is 0 Å². The first-order chi connectivity index (χ1) is 20.2. The lowest BCUT2D eigenvalue weighted by atomic mass is 10.1. The summed E-state index contributed by atoms with van der Waals surface area (Å²) >= 11 is 0. The lowest BCUT2D eigenvalue weighted by Crippen LogP contribution is -2.40. The number of nitrogens with zero attached hydrogens (tertiary/aromatic N) is 2. The molecule has 3 aromatic carbocycles. The summed E-state index contributed by atoms with van der Waals surface area (Å²) in [5.41, 5.74) is 0.680. The van der Waals surface area contributed by atoms with Gasteiger partial charge in [-0.3, -0.25) is 4.79 Å². The van der Waals surface area contributed by atoms with Crippen molar-refractivity contribution >= 4 is 37.6 Å². The second kappa shape index (κ2) is 12.7. The molecule has 1 amide bonds. The van der Waals surface area contributed by atoms with E-state index in [2.05, 4.69) is 5.32 Å². The number of hydrogen-bond donors (Lipinski definition) is 1. The molecule has 2 fully saturated rings. The van der Waals surface area contributed by atoms with Crippen LogP contribution in [0.15, 0.2) is 88.7 Å². The van der Waals surface area contributed by atoms with Crippen LogP contribution in [0.1, 0.15) is 34.9 Å². The fourth-order valence-corrected chi connectivity index (χ4v) is 7.77. The van der Waals surface area contributed by atoms with Gasteiger partial charge >= 0.3 is 5.97 Å². The molecule has 2 aliphatic rings. The number of sulfonamides is 2. The van der Waals surface area contributed by atoms with Crippen LogP contribution in [-0.4, -0.2) is 76.7 Å². The molecule has 0 radical (unpaired) electrons. The number of benzene rings is 3. The van der Waals surface area contributed by atoms with Gasteiger partial charge in [-0.25, -0.2) is 21.6 Å². The predicted molar refractivity (Wildman–Crippen MR) is 154 cm³/mol. The summed E-state index contributed by atoms with van der Waals surface area (Å²) in [6, 6.07) is 19.7. The van der Waals surface area contributed by atoms with Crippen LogP contribution in [0.3, 0.4) is 0 Å². The van der Waals surface area contributed by atoms with Crippen molar-refractivity contribution in [2.75, 3.05) is 44.7 Å². The van der Waals surface area contributed by atoms with E-state index in [1.807, 2.05) is 0 Å². The molecule has 0 spiro atoms. The van der Waals surface area contributed by atoms with Gasteiger partial charge in [-0.15, -0.1) is 0 Å². The van der Waals surface area contributed by atoms with E-state index in [0.717, 1.165) is 12.8 Å². The third-order valence-corrected chi connectivity index (χ3v) is 10.9. The van der Waals surface area contributed by atoms with Crippen LogP contribution in [0.5, 0.6) is 0 Å². The third-order valence-electron chi connectivity index (χ3n) is 7.07. The van der Waals surface area contributed by atoms with Gasteiger partial charge in [-0.1, -0.05) is 36.4 Å². The maximum atomic E-state index is 13.4. The predicted octanol–water partition coefficient (Wildman–Crippen LogP) is 3.03. The molecule has 1 atom stereocenters. The molecule has 11 nitrogen and oxygen atoms in total. The number of anilines is 1. The van der Waals surface area contributed by atoms with Crippen LogP contribution in [0, 0.1) is 0 Å². The van der Waals surface area contributed by atoms with E-state index in [-0.39, 0.29) is 34.1 Å². The van der Waals surface area contributed by atoms with Gasteiger partial charge in [-0.05, 0) is 55.3 Å². The molecule has 2 heterocycles. The average molecular weight is 614 g/mol. The Morgan fingerprint density at radius 1 is 0.738 bits per heavy atom. The van der Waals surface area contributed by atoms with E-state index in [4.69, 9.17) is 9.47 Å². The van der Waals surface area contributed by atoms with Gasteiger partial charge in [-0.2, -0.15) is 8.61 Å². The van der Waals surface area contributed by atoms with Crippen LogP contribution < -0.4 is 5.32 Å². The highest BCUT2D eigenvalue weighted by Gasteiger charge is 2.30. The fourth-order valence-electron chi connectivity index (χ4n) is 4.79. The number of amides is 1. The maximum absolute atomic E-state index is 13.4. The SMILES string of the molecule is O=C(OC(C(=O)Nc1cccc(S(=O)(=O)N2CCOCC2)c1)c1ccccc1)c1ccc(S(=O)(=O)N2CCCC2)cc1. The molecule has 3 aromatic rings. The van der Waals surface area contributed by atoms with Gasteiger partial charge in [0, 0.05) is 37.4 Å². The van der Waals surface area contributed by atoms with Crippen LogP contribution in [0.2, 0.25) is 0 Å². The molecular weight excluding hydrogens is 582 g/mol. The number of morpholine rings is 1. The van der Waals surface area contributed by atoms with Crippen molar-refractivity contribution in [1.29, 1.82) is 0 Å². The number of ether oxygens (including phenoxy) is 2. The van der Waals surface area contributed by atoms with E-state index in [0.29, 0.717) is 31.9 Å². The molecule has 13 heteroatoms. The van der Waals surface area contributed by atoms with Crippen LogP contribution in [0.25, 0.3) is 0 Å². The Morgan fingerprint density at radius 3 is 2.02 bits per heavy atom. The molecule has 0 aliphatic carbocycles. The van der Waals surface area contributed by atoms with Gasteiger partial charge in [0.25, 0.3) is 5.91 Å². The first kappa shape index (κ1) is 29.9. The van der Waals surface area contributed by atoms with Crippen molar-refractivity contribution in [3.63, 3.8) is 0 Å². The van der Waals surface area contributed by atoms with E-state index >= 15 is 0 Å². The highest BCUT2D eigenvalue weighted by Crippen LogP contribution is 2.26. The standard InChI is InChI=1S/C29H31N3O8S2/c33-28(30-24-9-6-10-26(21-24)42(37,38)32-17-19-39-20-18-32)27(22-7-2-1-3-8-22)40-29(34)23-11-13-25(14-12-23)41(35,36)31-15-4-5-16-31/h1-3,6-14,21,27H,4-5,15-20H2,(H,30,33). The minimum Gasteiger partial charge on any atom is -0.444 e. The van der Waals surface area contributed by atoms with Crippen LogP contribution in [-0.2, 0) is 34.3 Å². The summed E-state index contributed by atoms with van der Waals surface area (Å²) in [7, 11) is -7.45. The molecule has 2 aliphatic heterocycles. The number of carbonyl (C=O) groups excluding carboxylic acids is 2. The molecule has 222 valence electrons. The molecule has 0 aromatic heterocycles. The normalized spacial score (nSPS) is 17.4. The molecule has 5 rings (SSSR count). The van der Waals surface area contributed by atoms with Crippen molar-refractivity contribution in [2.45, 2.75) is 28.7 Å². The monoisotopic (exact) mass is 613 g/mol. The Morgan fingerprint density at radius 2 is 1.36 bits per heavy atom. The van der Waals surface area contributed by atoms with Crippen molar-refractivity contribution in [1.82, 2.24) is 8.61 Å². The lowest BCUT2D eigenvalue weighted by molar-refractivity contribution is -0.125. The van der Waals surface area contributed by atoms with Gasteiger partial charge in [0.2, 0.25) is 26.2 Å². The van der Waals surface area contributed by atoms with E-state index in [9.17, 15) is 26.4 Å². The Balaban J connectivity index is 1.33. The molecule has 2 saturated heterocycles. The zero-order chi connectivity index (χ0) is 29.7. The lowest BCUT2D eigenvalue weighted by Gasteiger charge is -2.26. The molecular formula is C29H31N3O8S2. The Kier molecular flexibility index (Phi) is 9.04.